The Kier molecular flexibility index (Phi) is 4.61. The van der Waals surface area contributed by atoms with Gasteiger partial charge >= 0.3 is 0 Å². The van der Waals surface area contributed by atoms with Crippen molar-refractivity contribution in [3.63, 3.8) is 0 Å². The number of ether oxygens (including phenoxy) is 1. The summed E-state index contributed by atoms with van der Waals surface area (Å²) in [5.41, 5.74) is 6.38. The topological polar surface area (TPSA) is 109 Å². The molecule has 2 heterocycles. The molecule has 0 saturated heterocycles. The van der Waals surface area contributed by atoms with Crippen LogP contribution < -0.4 is 10.5 Å². The van der Waals surface area contributed by atoms with Gasteiger partial charge in [0, 0.05) is 18.3 Å². The molecule has 0 bridgehead atoms. The first-order valence-corrected chi connectivity index (χ1v) is 7.94. The number of aryl methyl sites for hydroxylation is 1. The molecule has 0 aliphatic carbocycles. The number of primary amides is 1. The van der Waals surface area contributed by atoms with Gasteiger partial charge in [0.2, 0.25) is 5.82 Å². The third kappa shape index (κ3) is 3.46. The lowest BCUT2D eigenvalue weighted by atomic mass is 10.2. The van der Waals surface area contributed by atoms with Gasteiger partial charge in [0.05, 0.1) is 4.47 Å². The van der Waals surface area contributed by atoms with Crippen LogP contribution in [0.2, 0.25) is 0 Å². The molecular formula is C15H14BrN5O3. The van der Waals surface area contributed by atoms with Gasteiger partial charge in [-0.05, 0) is 47.1 Å². The summed E-state index contributed by atoms with van der Waals surface area (Å²) in [6.07, 6.45) is 1.85. The third-order valence-corrected chi connectivity index (χ3v) is 3.74. The molecule has 1 amide bonds. The third-order valence-electron chi connectivity index (χ3n) is 3.16. The van der Waals surface area contributed by atoms with Gasteiger partial charge in [-0.3, -0.25) is 9.48 Å². The number of carbonyl (C=O) groups excluding carboxylic acids is 1. The van der Waals surface area contributed by atoms with E-state index >= 15 is 0 Å². The highest BCUT2D eigenvalue weighted by Crippen LogP contribution is 2.28. The Morgan fingerprint density at radius 1 is 1.38 bits per heavy atom. The van der Waals surface area contributed by atoms with Gasteiger partial charge in [-0.1, -0.05) is 5.16 Å². The molecule has 0 radical (unpaired) electrons. The zero-order valence-electron chi connectivity index (χ0n) is 12.8. The quantitative estimate of drug-likeness (QED) is 0.689. The molecule has 3 rings (SSSR count). The summed E-state index contributed by atoms with van der Waals surface area (Å²) < 4.78 is 13.1. The monoisotopic (exact) mass is 391 g/mol. The Morgan fingerprint density at radius 2 is 2.12 bits per heavy atom. The fourth-order valence-corrected chi connectivity index (χ4v) is 2.48. The van der Waals surface area contributed by atoms with Gasteiger partial charge in [-0.25, -0.2) is 0 Å². The van der Waals surface area contributed by atoms with E-state index in [1.54, 1.807) is 28.9 Å². The van der Waals surface area contributed by atoms with E-state index in [0.29, 0.717) is 23.2 Å². The van der Waals surface area contributed by atoms with Crippen LogP contribution in [0.25, 0.3) is 23.0 Å². The Morgan fingerprint density at radius 3 is 2.75 bits per heavy atom. The summed E-state index contributed by atoms with van der Waals surface area (Å²) in [4.78, 5) is 15.1. The van der Waals surface area contributed by atoms with Crippen molar-refractivity contribution in [1.82, 2.24) is 19.9 Å². The van der Waals surface area contributed by atoms with Crippen LogP contribution in [-0.4, -0.2) is 32.4 Å². The number of nitrogens with two attached hydrogens (primary N) is 1. The van der Waals surface area contributed by atoms with Crippen LogP contribution in [0.1, 0.15) is 6.92 Å². The first-order chi connectivity index (χ1) is 11.6. The van der Waals surface area contributed by atoms with Crippen LogP contribution in [0.15, 0.2) is 39.5 Å². The van der Waals surface area contributed by atoms with Crippen LogP contribution in [0.3, 0.4) is 0 Å². The first-order valence-electron chi connectivity index (χ1n) is 7.15. The maximum absolute atomic E-state index is 10.7. The molecule has 1 aromatic carbocycles. The van der Waals surface area contributed by atoms with E-state index in [9.17, 15) is 4.79 Å². The molecule has 2 aromatic heterocycles. The maximum Gasteiger partial charge on any atom is 0.279 e. The van der Waals surface area contributed by atoms with E-state index in [1.165, 1.54) is 0 Å². The van der Waals surface area contributed by atoms with Crippen LogP contribution >= 0.6 is 15.9 Å². The summed E-state index contributed by atoms with van der Waals surface area (Å²) in [6, 6.07) is 6.95. The fraction of sp³-hybridized carbons (Fsp3) is 0.200. The second-order valence-electron chi connectivity index (χ2n) is 4.88. The maximum atomic E-state index is 10.7. The van der Waals surface area contributed by atoms with E-state index in [4.69, 9.17) is 15.0 Å². The minimum atomic E-state index is -0.529. The van der Waals surface area contributed by atoms with Crippen LogP contribution in [0, 0.1) is 0 Å². The molecule has 0 aliphatic rings. The van der Waals surface area contributed by atoms with E-state index in [1.807, 2.05) is 13.1 Å². The highest BCUT2D eigenvalue weighted by atomic mass is 79.9. The van der Waals surface area contributed by atoms with Gasteiger partial charge in [-0.2, -0.15) is 10.1 Å². The lowest BCUT2D eigenvalue weighted by molar-refractivity contribution is -0.119. The number of nitrogens with zero attached hydrogens (tertiary/aromatic N) is 4. The first kappa shape index (κ1) is 16.2. The van der Waals surface area contributed by atoms with E-state index in [2.05, 4.69) is 31.2 Å². The minimum Gasteiger partial charge on any atom is -0.484 e. The Bertz CT molecular complexity index is 856. The van der Waals surface area contributed by atoms with Crippen molar-refractivity contribution in [2.45, 2.75) is 13.5 Å². The highest BCUT2D eigenvalue weighted by Gasteiger charge is 2.17. The summed E-state index contributed by atoms with van der Waals surface area (Å²) >= 11 is 3.43. The number of benzene rings is 1. The second kappa shape index (κ2) is 6.83. The lowest BCUT2D eigenvalue weighted by Gasteiger charge is -2.03. The van der Waals surface area contributed by atoms with Crippen LogP contribution in [0.5, 0.6) is 5.75 Å². The number of halogens is 1. The van der Waals surface area contributed by atoms with Crippen molar-refractivity contribution in [1.29, 1.82) is 0 Å². The van der Waals surface area contributed by atoms with Crippen LogP contribution in [-0.2, 0) is 11.3 Å². The SMILES string of the molecule is CCn1cc(Br)c(-c2nc(-c3ccc(OCC(N)=O)cc3)no2)n1. The molecule has 124 valence electrons. The van der Waals surface area contributed by atoms with Gasteiger partial charge in [0.1, 0.15) is 5.75 Å². The Balaban J connectivity index is 1.80. The predicted octanol–water partition coefficient (Wildman–Crippen LogP) is 2.25. The van der Waals surface area contributed by atoms with Crippen molar-refractivity contribution in [2.75, 3.05) is 6.61 Å². The molecule has 0 saturated carbocycles. The van der Waals surface area contributed by atoms with Gasteiger partial charge < -0.3 is 15.0 Å². The molecule has 0 aliphatic heterocycles. The second-order valence-corrected chi connectivity index (χ2v) is 5.74. The molecule has 8 nitrogen and oxygen atoms in total. The molecule has 2 N–H and O–H groups in total. The standard InChI is InChI=1S/C15H14BrN5O3/c1-2-21-7-11(16)13(19-21)15-18-14(20-24-15)9-3-5-10(6-4-9)23-8-12(17)22/h3-7H,2,8H2,1H3,(H2,17,22). The zero-order chi connectivity index (χ0) is 17.1. The van der Waals surface area contributed by atoms with Crippen molar-refractivity contribution >= 4 is 21.8 Å². The summed E-state index contributed by atoms with van der Waals surface area (Å²) in [6.45, 7) is 2.57. The number of rotatable bonds is 6. The van der Waals surface area contributed by atoms with Gasteiger partial charge in [0.15, 0.2) is 12.3 Å². The number of aromatic nitrogens is 4. The largest absolute Gasteiger partial charge is 0.484 e. The van der Waals surface area contributed by atoms with Crippen molar-refractivity contribution in [2.24, 2.45) is 5.73 Å². The molecule has 3 aromatic rings. The average molecular weight is 392 g/mol. The van der Waals surface area contributed by atoms with Crippen molar-refractivity contribution in [3.05, 3.63) is 34.9 Å². The van der Waals surface area contributed by atoms with Crippen molar-refractivity contribution in [3.8, 4) is 28.7 Å². The van der Waals surface area contributed by atoms with E-state index in [0.717, 1.165) is 16.6 Å². The predicted molar refractivity (Wildman–Crippen MR) is 89.0 cm³/mol. The summed E-state index contributed by atoms with van der Waals surface area (Å²) in [5, 5.41) is 8.34. The molecular weight excluding hydrogens is 378 g/mol. The number of amides is 1. The Hall–Kier alpha value is -2.68. The van der Waals surface area contributed by atoms with Gasteiger partial charge in [0.25, 0.3) is 11.8 Å². The van der Waals surface area contributed by atoms with Gasteiger partial charge in [-0.15, -0.1) is 0 Å². The van der Waals surface area contributed by atoms with E-state index in [-0.39, 0.29) is 6.61 Å². The number of carbonyl (C=O) groups is 1. The highest BCUT2D eigenvalue weighted by molar-refractivity contribution is 9.10. The van der Waals surface area contributed by atoms with Crippen molar-refractivity contribution < 1.29 is 14.1 Å². The van der Waals surface area contributed by atoms with Crippen LogP contribution in [0.4, 0.5) is 0 Å². The van der Waals surface area contributed by atoms with E-state index < -0.39 is 5.91 Å². The minimum absolute atomic E-state index is 0.167. The lowest BCUT2D eigenvalue weighted by Crippen LogP contribution is -2.19. The summed E-state index contributed by atoms with van der Waals surface area (Å²) in [7, 11) is 0. The molecule has 24 heavy (non-hydrogen) atoms. The average Bonchev–Trinajstić information content (AvgIpc) is 3.19. The molecule has 9 heteroatoms. The molecule has 0 atom stereocenters. The molecule has 0 unspecified atom stereocenters. The molecule has 0 fully saturated rings. The zero-order valence-corrected chi connectivity index (χ0v) is 14.4. The molecule has 0 spiro atoms. The Labute approximate surface area is 145 Å². The normalized spacial score (nSPS) is 10.8. The number of hydrogen-bond acceptors (Lipinski definition) is 6. The number of hydrogen-bond donors (Lipinski definition) is 1. The summed E-state index contributed by atoms with van der Waals surface area (Å²) in [5.74, 6) is 0.771. The fourth-order valence-electron chi connectivity index (χ4n) is 2.00. The smallest absolute Gasteiger partial charge is 0.279 e.